The van der Waals surface area contributed by atoms with Crippen LogP contribution in [-0.2, 0) is 4.74 Å². The molecule has 0 aliphatic carbocycles. The third-order valence-corrected chi connectivity index (χ3v) is 5.88. The van der Waals surface area contributed by atoms with Gasteiger partial charge in [-0.3, -0.25) is 15.0 Å². The van der Waals surface area contributed by atoms with Gasteiger partial charge < -0.3 is 4.74 Å². The van der Waals surface area contributed by atoms with Gasteiger partial charge in [-0.2, -0.15) is 0 Å². The molecular weight excluding hydrogens is 360 g/mol. The number of ether oxygens (including phenoxy) is 1. The first-order valence-corrected chi connectivity index (χ1v) is 10.4. The predicted molar refractivity (Wildman–Crippen MR) is 107 cm³/mol. The summed E-state index contributed by atoms with van der Waals surface area (Å²) in [6.07, 6.45) is 11.3. The van der Waals surface area contributed by atoms with Crippen LogP contribution in [-0.4, -0.2) is 47.2 Å². The van der Waals surface area contributed by atoms with Crippen molar-refractivity contribution in [2.24, 2.45) is 20.0 Å². The molecule has 4 heterocycles. The molecular formula is C16H14N4OS3. The molecule has 1 unspecified atom stereocenters. The van der Waals surface area contributed by atoms with Gasteiger partial charge in [0.25, 0.3) is 0 Å². The van der Waals surface area contributed by atoms with E-state index < -0.39 is 5.54 Å². The maximum absolute atomic E-state index is 5.71. The summed E-state index contributed by atoms with van der Waals surface area (Å²) in [4.78, 5) is 19.3. The lowest BCUT2D eigenvalue weighted by atomic mass is 9.85. The zero-order valence-electron chi connectivity index (χ0n) is 12.7. The number of allylic oxidation sites excluding steroid dienone is 1. The Morgan fingerprint density at radius 2 is 2.12 bits per heavy atom. The Labute approximate surface area is 152 Å². The van der Waals surface area contributed by atoms with Gasteiger partial charge in [-0.25, -0.2) is 4.99 Å². The standard InChI is InChI=1S/C16H14N4OS3/c1-4-17-10-24-13(1)15-20-16(3-5-21-15,12-7-18-9-23-8-12)14-2-6-22-11-19-14/h1-8H,9-11H2. The van der Waals surface area contributed by atoms with Gasteiger partial charge >= 0.3 is 0 Å². The van der Waals surface area contributed by atoms with E-state index in [4.69, 9.17) is 14.7 Å². The summed E-state index contributed by atoms with van der Waals surface area (Å²) in [5.41, 5.74) is 1.24. The van der Waals surface area contributed by atoms with Crippen LogP contribution in [0.1, 0.15) is 0 Å². The molecule has 0 radical (unpaired) electrons. The highest BCUT2D eigenvalue weighted by molar-refractivity contribution is 8.04. The van der Waals surface area contributed by atoms with E-state index in [2.05, 4.69) is 20.8 Å². The Morgan fingerprint density at radius 1 is 1.12 bits per heavy atom. The van der Waals surface area contributed by atoms with Crippen molar-refractivity contribution in [3.63, 3.8) is 0 Å². The Balaban J connectivity index is 1.81. The lowest BCUT2D eigenvalue weighted by Crippen LogP contribution is -2.40. The van der Waals surface area contributed by atoms with Gasteiger partial charge in [-0.15, -0.1) is 23.5 Å². The summed E-state index contributed by atoms with van der Waals surface area (Å²) in [5, 5.41) is 4.18. The molecule has 0 amide bonds. The molecule has 4 aliphatic rings. The average Bonchev–Trinajstić information content (AvgIpc) is 2.70. The summed E-state index contributed by atoms with van der Waals surface area (Å²) in [6, 6.07) is 0. The second-order valence-corrected chi connectivity index (χ2v) is 7.74. The van der Waals surface area contributed by atoms with Crippen molar-refractivity contribution in [1.82, 2.24) is 0 Å². The Kier molecular flexibility index (Phi) is 4.77. The topological polar surface area (TPSA) is 58.7 Å². The van der Waals surface area contributed by atoms with Crippen LogP contribution in [0.15, 0.2) is 65.8 Å². The molecule has 1 atom stereocenters. The normalized spacial score (nSPS) is 28.7. The van der Waals surface area contributed by atoms with Crippen molar-refractivity contribution in [3.05, 3.63) is 45.8 Å². The second kappa shape index (κ2) is 7.16. The summed E-state index contributed by atoms with van der Waals surface area (Å²) in [6.45, 7) is 0. The Hall–Kier alpha value is -1.51. The van der Waals surface area contributed by atoms with Crippen LogP contribution in [0.5, 0.6) is 0 Å². The molecule has 0 saturated heterocycles. The monoisotopic (exact) mass is 374 g/mol. The first-order valence-electron chi connectivity index (χ1n) is 7.31. The minimum atomic E-state index is -0.683. The van der Waals surface area contributed by atoms with Crippen LogP contribution in [0.2, 0.25) is 0 Å². The van der Waals surface area contributed by atoms with Crippen molar-refractivity contribution in [3.8, 4) is 0 Å². The van der Waals surface area contributed by atoms with Gasteiger partial charge in [-0.1, -0.05) is 11.8 Å². The van der Waals surface area contributed by atoms with Gasteiger partial charge in [0, 0.05) is 18.0 Å². The van der Waals surface area contributed by atoms with E-state index in [0.29, 0.717) is 17.7 Å². The number of thioether (sulfide) groups is 3. The van der Waals surface area contributed by atoms with Crippen molar-refractivity contribution in [1.29, 1.82) is 0 Å². The molecule has 0 N–H and O–H groups in total. The van der Waals surface area contributed by atoms with Crippen LogP contribution < -0.4 is 0 Å². The predicted octanol–water partition coefficient (Wildman–Crippen LogP) is 3.64. The molecule has 0 spiro atoms. The van der Waals surface area contributed by atoms with Crippen molar-refractivity contribution in [2.45, 2.75) is 5.54 Å². The number of hydrogen-bond donors (Lipinski definition) is 0. The first-order chi connectivity index (χ1) is 11.9. The fraction of sp³-hybridized carbons (Fsp3) is 0.250. The van der Waals surface area contributed by atoms with E-state index in [-0.39, 0.29) is 0 Å². The van der Waals surface area contributed by atoms with Crippen LogP contribution in [0, 0.1) is 0 Å². The highest BCUT2D eigenvalue weighted by Crippen LogP contribution is 2.35. The highest BCUT2D eigenvalue weighted by atomic mass is 32.2. The molecule has 0 fully saturated rings. The SMILES string of the molecule is C1=CC(C2=CSCN=C2)(C2=NCSC=C2)N=C(C2=CC=NCS2)O1. The summed E-state index contributed by atoms with van der Waals surface area (Å²) in [7, 11) is 0. The van der Waals surface area contributed by atoms with Crippen LogP contribution >= 0.6 is 35.3 Å². The molecule has 8 heteroatoms. The van der Waals surface area contributed by atoms with E-state index >= 15 is 0 Å². The van der Waals surface area contributed by atoms with Crippen molar-refractivity contribution < 1.29 is 4.74 Å². The molecule has 5 nitrogen and oxygen atoms in total. The number of hydrogen-bond acceptors (Lipinski definition) is 8. The fourth-order valence-corrected chi connectivity index (χ4v) is 4.38. The molecule has 0 aromatic carbocycles. The molecule has 24 heavy (non-hydrogen) atoms. The van der Waals surface area contributed by atoms with E-state index in [1.165, 1.54) is 0 Å². The van der Waals surface area contributed by atoms with E-state index in [9.17, 15) is 0 Å². The number of rotatable bonds is 3. The molecule has 4 aliphatic heterocycles. The number of nitrogens with zero attached hydrogens (tertiary/aromatic N) is 4. The molecule has 0 aromatic heterocycles. The van der Waals surface area contributed by atoms with E-state index in [1.807, 2.05) is 24.4 Å². The molecule has 122 valence electrons. The van der Waals surface area contributed by atoms with E-state index in [1.54, 1.807) is 47.8 Å². The molecule has 4 rings (SSSR count). The van der Waals surface area contributed by atoms with Gasteiger partial charge in [0.15, 0.2) is 5.54 Å². The fourth-order valence-electron chi connectivity index (χ4n) is 2.52. The zero-order chi connectivity index (χ0) is 16.2. The third-order valence-electron chi connectivity index (χ3n) is 3.66. The van der Waals surface area contributed by atoms with Crippen LogP contribution in [0.25, 0.3) is 0 Å². The maximum atomic E-state index is 5.71. The van der Waals surface area contributed by atoms with Crippen molar-refractivity contribution in [2.75, 3.05) is 17.6 Å². The first kappa shape index (κ1) is 16.0. The van der Waals surface area contributed by atoms with Gasteiger partial charge in [-0.05, 0) is 29.0 Å². The minimum absolute atomic E-state index is 0.604. The Bertz CT molecular complexity index is 742. The maximum Gasteiger partial charge on any atom is 0.229 e. The Morgan fingerprint density at radius 3 is 2.88 bits per heavy atom. The lowest BCUT2D eigenvalue weighted by Gasteiger charge is -2.33. The highest BCUT2D eigenvalue weighted by Gasteiger charge is 2.39. The van der Waals surface area contributed by atoms with Gasteiger partial charge in [0.05, 0.1) is 34.5 Å². The summed E-state index contributed by atoms with van der Waals surface area (Å²) >= 11 is 4.96. The van der Waals surface area contributed by atoms with Crippen molar-refractivity contribution >= 4 is 59.3 Å². The molecule has 0 bridgehead atoms. The summed E-state index contributed by atoms with van der Waals surface area (Å²) < 4.78 is 5.71. The minimum Gasteiger partial charge on any atom is -0.446 e. The molecule has 0 saturated carbocycles. The smallest absolute Gasteiger partial charge is 0.229 e. The largest absolute Gasteiger partial charge is 0.446 e. The van der Waals surface area contributed by atoms with Gasteiger partial charge in [0.2, 0.25) is 5.90 Å². The van der Waals surface area contributed by atoms with E-state index in [0.717, 1.165) is 22.1 Å². The van der Waals surface area contributed by atoms with Crippen LogP contribution in [0.4, 0.5) is 0 Å². The third kappa shape index (κ3) is 3.05. The second-order valence-electron chi connectivity index (χ2n) is 5.06. The van der Waals surface area contributed by atoms with Crippen LogP contribution in [0.3, 0.4) is 0 Å². The zero-order valence-corrected chi connectivity index (χ0v) is 15.1. The summed E-state index contributed by atoms with van der Waals surface area (Å²) in [5.74, 6) is 2.73. The van der Waals surface area contributed by atoms with Gasteiger partial charge in [0.1, 0.15) is 0 Å². The average molecular weight is 375 g/mol. The quantitative estimate of drug-likeness (QED) is 0.757. The molecule has 0 aromatic rings. The lowest BCUT2D eigenvalue weighted by molar-refractivity contribution is 0.449. The number of aliphatic imine (C=N–C) groups is 4.